The number of aromatic amines is 1. The highest BCUT2D eigenvalue weighted by atomic mass is 19.4. The molecule has 1 radical (unpaired) electrons. The standard InChI is InChI=1S/C22H21F3NO2/c1-13-9-15(27)10-19(22(23,24)25)21(13)28-16-7-8-20-17(11-16)18(12-26-20)14-5-3-2-4-6-14/h7-12,14,26H,2-6H2,1H3. The summed E-state index contributed by atoms with van der Waals surface area (Å²) in [5, 5.41) is 12.5. The molecule has 1 aromatic heterocycles. The number of benzene rings is 2. The Morgan fingerprint density at radius 2 is 1.82 bits per heavy atom. The van der Waals surface area contributed by atoms with Gasteiger partial charge in [0.25, 0.3) is 0 Å². The molecule has 3 nitrogen and oxygen atoms in total. The molecule has 1 heterocycles. The van der Waals surface area contributed by atoms with Gasteiger partial charge >= 0.3 is 6.18 Å². The van der Waals surface area contributed by atoms with Crippen LogP contribution >= 0.6 is 0 Å². The van der Waals surface area contributed by atoms with Gasteiger partial charge in [0.1, 0.15) is 17.1 Å². The molecule has 0 unspecified atom stereocenters. The molecule has 1 fully saturated rings. The fraction of sp³-hybridized carbons (Fsp3) is 0.364. The number of rotatable bonds is 3. The van der Waals surface area contributed by atoms with Crippen LogP contribution in [0.2, 0.25) is 0 Å². The van der Waals surface area contributed by atoms with Gasteiger partial charge in [-0.05, 0) is 61.1 Å². The van der Waals surface area contributed by atoms with Crippen molar-refractivity contribution in [2.45, 2.75) is 51.1 Å². The Hall–Kier alpha value is -2.63. The second kappa shape index (κ2) is 7.08. The van der Waals surface area contributed by atoms with Crippen LogP contribution in [0.15, 0.2) is 36.5 Å². The Labute approximate surface area is 161 Å². The lowest BCUT2D eigenvalue weighted by atomic mass is 9.84. The lowest BCUT2D eigenvalue weighted by Crippen LogP contribution is -2.08. The van der Waals surface area contributed by atoms with Crippen molar-refractivity contribution in [1.29, 1.82) is 0 Å². The monoisotopic (exact) mass is 388 g/mol. The van der Waals surface area contributed by atoms with Gasteiger partial charge in [0.05, 0.1) is 0 Å². The van der Waals surface area contributed by atoms with E-state index in [1.165, 1.54) is 31.7 Å². The van der Waals surface area contributed by atoms with Gasteiger partial charge in [-0.3, -0.25) is 5.11 Å². The smallest absolute Gasteiger partial charge is 0.420 e. The summed E-state index contributed by atoms with van der Waals surface area (Å²) >= 11 is 0. The first-order valence-electron chi connectivity index (χ1n) is 9.50. The van der Waals surface area contributed by atoms with E-state index in [0.717, 1.165) is 29.8 Å². The number of H-pyrrole nitrogens is 1. The SMILES string of the molecule is Cc1cc([O])cc(C(F)(F)F)c1Oc1ccc2[nH]cc(C3CCCCC3)c2c1. The molecular formula is C22H21F3NO2. The van der Waals surface area contributed by atoms with Gasteiger partial charge in [0, 0.05) is 23.2 Å². The number of hydrogen-bond donors (Lipinski definition) is 1. The maximum atomic E-state index is 13.4. The minimum atomic E-state index is -4.66. The summed E-state index contributed by atoms with van der Waals surface area (Å²) in [4.78, 5) is 3.25. The first-order valence-corrected chi connectivity index (χ1v) is 9.50. The molecule has 0 atom stereocenters. The van der Waals surface area contributed by atoms with Crippen LogP contribution in [-0.2, 0) is 11.3 Å². The predicted octanol–water partition coefficient (Wildman–Crippen LogP) is 7.48. The number of aromatic nitrogens is 1. The third kappa shape index (κ3) is 3.55. The summed E-state index contributed by atoms with van der Waals surface area (Å²) in [5.74, 6) is -0.208. The highest BCUT2D eigenvalue weighted by Crippen LogP contribution is 2.43. The Morgan fingerprint density at radius 3 is 2.54 bits per heavy atom. The topological polar surface area (TPSA) is 44.9 Å². The number of fused-ring (bicyclic) bond motifs is 1. The third-order valence-corrected chi connectivity index (χ3v) is 5.50. The van der Waals surface area contributed by atoms with Crippen molar-refractivity contribution < 1.29 is 23.0 Å². The number of alkyl halides is 3. The van der Waals surface area contributed by atoms with Gasteiger partial charge in [-0.15, -0.1) is 0 Å². The Kier molecular flexibility index (Phi) is 4.73. The molecule has 1 saturated carbocycles. The van der Waals surface area contributed by atoms with Crippen molar-refractivity contribution >= 4 is 10.9 Å². The van der Waals surface area contributed by atoms with Crippen LogP contribution in [0, 0.1) is 6.92 Å². The zero-order valence-corrected chi connectivity index (χ0v) is 15.5. The summed E-state index contributed by atoms with van der Waals surface area (Å²) in [6.07, 6.45) is 3.24. The average Bonchev–Trinajstić information content (AvgIpc) is 3.07. The Balaban J connectivity index is 1.73. The van der Waals surface area contributed by atoms with Crippen LogP contribution in [0.4, 0.5) is 13.2 Å². The second-order valence-electron chi connectivity index (χ2n) is 7.50. The molecule has 0 saturated heterocycles. The van der Waals surface area contributed by atoms with Crippen molar-refractivity contribution in [3.8, 4) is 17.2 Å². The predicted molar refractivity (Wildman–Crippen MR) is 101 cm³/mol. The molecular weight excluding hydrogens is 367 g/mol. The van der Waals surface area contributed by atoms with Crippen molar-refractivity contribution in [3.05, 3.63) is 53.2 Å². The molecule has 0 amide bonds. The van der Waals surface area contributed by atoms with Crippen LogP contribution in [-0.4, -0.2) is 4.98 Å². The molecule has 1 N–H and O–H groups in total. The molecule has 1 aliphatic carbocycles. The highest BCUT2D eigenvalue weighted by Gasteiger charge is 2.36. The van der Waals surface area contributed by atoms with E-state index in [0.29, 0.717) is 17.7 Å². The molecule has 0 aliphatic heterocycles. The van der Waals surface area contributed by atoms with E-state index in [4.69, 9.17) is 4.74 Å². The van der Waals surface area contributed by atoms with Crippen molar-refractivity contribution in [2.75, 3.05) is 0 Å². The van der Waals surface area contributed by atoms with E-state index in [1.54, 1.807) is 12.1 Å². The van der Waals surface area contributed by atoms with E-state index in [2.05, 4.69) is 4.98 Å². The molecule has 4 rings (SSSR count). The van der Waals surface area contributed by atoms with Crippen LogP contribution in [0.25, 0.3) is 10.9 Å². The van der Waals surface area contributed by atoms with Crippen LogP contribution in [0.5, 0.6) is 17.2 Å². The van der Waals surface area contributed by atoms with Crippen LogP contribution < -0.4 is 4.74 Å². The summed E-state index contributed by atoms with van der Waals surface area (Å²) in [5.41, 5.74) is 1.26. The average molecular weight is 388 g/mol. The first kappa shape index (κ1) is 18.7. The van der Waals surface area contributed by atoms with Crippen LogP contribution in [0.1, 0.15) is 54.7 Å². The number of hydrogen-bond acceptors (Lipinski definition) is 1. The maximum absolute atomic E-state index is 13.4. The third-order valence-electron chi connectivity index (χ3n) is 5.50. The summed E-state index contributed by atoms with van der Waals surface area (Å²) in [6, 6.07) is 7.01. The zero-order valence-electron chi connectivity index (χ0n) is 15.5. The lowest BCUT2D eigenvalue weighted by molar-refractivity contribution is -0.138. The van der Waals surface area contributed by atoms with Crippen molar-refractivity contribution in [3.63, 3.8) is 0 Å². The number of nitrogens with one attached hydrogen (secondary N) is 1. The molecule has 6 heteroatoms. The fourth-order valence-electron chi connectivity index (χ4n) is 4.14. The maximum Gasteiger partial charge on any atom is 0.420 e. The number of aryl methyl sites for hydroxylation is 1. The molecule has 147 valence electrons. The Morgan fingerprint density at radius 1 is 1.07 bits per heavy atom. The van der Waals surface area contributed by atoms with Gasteiger partial charge < -0.3 is 9.72 Å². The van der Waals surface area contributed by atoms with E-state index in [-0.39, 0.29) is 11.3 Å². The normalized spacial score (nSPS) is 15.9. The Bertz CT molecular complexity index is 1000. The summed E-state index contributed by atoms with van der Waals surface area (Å²) in [7, 11) is 0. The quantitative estimate of drug-likeness (QED) is 0.497. The summed E-state index contributed by atoms with van der Waals surface area (Å²) < 4.78 is 45.9. The highest BCUT2D eigenvalue weighted by molar-refractivity contribution is 5.85. The van der Waals surface area contributed by atoms with Crippen molar-refractivity contribution in [1.82, 2.24) is 4.98 Å². The van der Waals surface area contributed by atoms with Gasteiger partial charge in [-0.25, -0.2) is 0 Å². The molecule has 2 aromatic carbocycles. The second-order valence-corrected chi connectivity index (χ2v) is 7.50. The minimum absolute atomic E-state index is 0.168. The van der Waals surface area contributed by atoms with Gasteiger partial charge in [0.15, 0.2) is 5.75 Å². The van der Waals surface area contributed by atoms with Gasteiger partial charge in [-0.2, -0.15) is 13.2 Å². The molecule has 28 heavy (non-hydrogen) atoms. The van der Waals surface area contributed by atoms with E-state index in [1.807, 2.05) is 12.3 Å². The molecule has 3 aromatic rings. The molecule has 0 bridgehead atoms. The van der Waals surface area contributed by atoms with Crippen LogP contribution in [0.3, 0.4) is 0 Å². The molecule has 1 aliphatic rings. The molecule has 0 spiro atoms. The lowest BCUT2D eigenvalue weighted by Gasteiger charge is -2.21. The summed E-state index contributed by atoms with van der Waals surface area (Å²) in [6.45, 7) is 1.45. The minimum Gasteiger partial charge on any atom is -0.456 e. The van der Waals surface area contributed by atoms with E-state index < -0.39 is 17.5 Å². The van der Waals surface area contributed by atoms with Crippen molar-refractivity contribution in [2.24, 2.45) is 0 Å². The number of halogens is 3. The first-order chi connectivity index (χ1) is 13.3. The largest absolute Gasteiger partial charge is 0.456 e. The van der Waals surface area contributed by atoms with E-state index in [9.17, 15) is 18.3 Å². The van der Waals surface area contributed by atoms with Gasteiger partial charge in [0.2, 0.25) is 0 Å². The van der Waals surface area contributed by atoms with Gasteiger partial charge in [-0.1, -0.05) is 19.3 Å². The fourth-order valence-corrected chi connectivity index (χ4v) is 4.14. The zero-order chi connectivity index (χ0) is 19.9. The van der Waals surface area contributed by atoms with E-state index >= 15 is 0 Å². The number of ether oxygens (including phenoxy) is 1.